The van der Waals surface area contributed by atoms with Gasteiger partial charge in [-0.05, 0) is 29.7 Å². The minimum Gasteiger partial charge on any atom is -0.303 e. The number of carbonyl (C=O) groups is 2. The molecule has 0 radical (unpaired) electrons. The molecule has 0 bridgehead atoms. The Balaban J connectivity index is 1.75. The zero-order valence-corrected chi connectivity index (χ0v) is 18.4. The molecule has 2 aromatic carbocycles. The van der Waals surface area contributed by atoms with Crippen molar-refractivity contribution in [3.05, 3.63) is 69.6 Å². The Kier molecular flexibility index (Phi) is 5.51. The average molecular weight is 443 g/mol. The highest BCUT2D eigenvalue weighted by atomic mass is 35.5. The van der Waals surface area contributed by atoms with Gasteiger partial charge in [0.05, 0.1) is 22.7 Å². The van der Waals surface area contributed by atoms with E-state index in [0.29, 0.717) is 32.9 Å². The van der Waals surface area contributed by atoms with E-state index >= 15 is 0 Å². The summed E-state index contributed by atoms with van der Waals surface area (Å²) in [5, 5.41) is 0.649. The molecule has 0 atom stereocenters. The minimum atomic E-state index is -0.180. The highest BCUT2D eigenvalue weighted by molar-refractivity contribution is 8.26. The number of hydrogen-bond acceptors (Lipinski definition) is 4. The SMILES string of the molecule is CC(C)CN1C(=O)C(=C2C(=O)N(Cc3ccc(Cl)cc3)c3ccccc32)SC1=S. The van der Waals surface area contributed by atoms with E-state index in [1.807, 2.05) is 50.2 Å². The van der Waals surface area contributed by atoms with Gasteiger partial charge in [0.1, 0.15) is 4.32 Å². The smallest absolute Gasteiger partial charge is 0.267 e. The van der Waals surface area contributed by atoms with E-state index < -0.39 is 0 Å². The molecule has 2 aromatic rings. The molecule has 0 N–H and O–H groups in total. The molecule has 1 fully saturated rings. The molecule has 2 aliphatic heterocycles. The van der Waals surface area contributed by atoms with Crippen molar-refractivity contribution >= 4 is 63.0 Å². The Morgan fingerprint density at radius 3 is 2.38 bits per heavy atom. The van der Waals surface area contributed by atoms with Crippen molar-refractivity contribution in [2.24, 2.45) is 5.92 Å². The van der Waals surface area contributed by atoms with E-state index in [-0.39, 0.29) is 17.7 Å². The predicted molar refractivity (Wildman–Crippen MR) is 123 cm³/mol. The summed E-state index contributed by atoms with van der Waals surface area (Å²) in [4.78, 5) is 30.2. The summed E-state index contributed by atoms with van der Waals surface area (Å²) < 4.78 is 0.507. The molecule has 2 amide bonds. The molecule has 1 saturated heterocycles. The van der Waals surface area contributed by atoms with Crippen LogP contribution in [-0.4, -0.2) is 27.6 Å². The third kappa shape index (κ3) is 3.72. The molecule has 2 heterocycles. The largest absolute Gasteiger partial charge is 0.303 e. The van der Waals surface area contributed by atoms with E-state index in [2.05, 4.69) is 0 Å². The summed E-state index contributed by atoms with van der Waals surface area (Å²) in [7, 11) is 0. The first kappa shape index (κ1) is 20.1. The molecule has 2 aliphatic rings. The lowest BCUT2D eigenvalue weighted by atomic mass is 10.1. The maximum Gasteiger partial charge on any atom is 0.267 e. The molecule has 0 aromatic heterocycles. The zero-order chi connectivity index (χ0) is 20.7. The van der Waals surface area contributed by atoms with Gasteiger partial charge in [0, 0.05) is 17.1 Å². The van der Waals surface area contributed by atoms with E-state index in [9.17, 15) is 9.59 Å². The van der Waals surface area contributed by atoms with Crippen LogP contribution in [0.15, 0.2) is 53.4 Å². The number of amides is 2. The van der Waals surface area contributed by atoms with Crippen molar-refractivity contribution in [3.8, 4) is 0 Å². The number of nitrogens with zero attached hydrogens (tertiary/aromatic N) is 2. The number of halogens is 1. The van der Waals surface area contributed by atoms with Crippen molar-refractivity contribution in [1.29, 1.82) is 0 Å². The number of thiocarbonyl (C=S) groups is 1. The number of hydrogen-bond donors (Lipinski definition) is 0. The molecule has 0 aliphatic carbocycles. The van der Waals surface area contributed by atoms with Crippen molar-refractivity contribution in [3.63, 3.8) is 0 Å². The number of anilines is 1. The first-order chi connectivity index (χ1) is 13.9. The summed E-state index contributed by atoms with van der Waals surface area (Å²) in [5.41, 5.74) is 2.98. The van der Waals surface area contributed by atoms with Gasteiger partial charge >= 0.3 is 0 Å². The minimum absolute atomic E-state index is 0.175. The second kappa shape index (κ2) is 7.94. The monoisotopic (exact) mass is 442 g/mol. The Morgan fingerprint density at radius 2 is 1.69 bits per heavy atom. The predicted octanol–water partition coefficient (Wildman–Crippen LogP) is 5.11. The van der Waals surface area contributed by atoms with Crippen LogP contribution in [0.3, 0.4) is 0 Å². The molecule has 0 unspecified atom stereocenters. The summed E-state index contributed by atoms with van der Waals surface area (Å²) in [6.45, 7) is 5.03. The van der Waals surface area contributed by atoms with Crippen LogP contribution in [0.2, 0.25) is 5.02 Å². The summed E-state index contributed by atoms with van der Waals surface area (Å²) in [5.74, 6) is -0.0683. The third-order valence-corrected chi connectivity index (χ3v) is 6.50. The fourth-order valence-electron chi connectivity index (χ4n) is 3.50. The molecule has 148 valence electrons. The maximum atomic E-state index is 13.4. The molecular formula is C22H19ClN2O2S2. The number of carbonyl (C=O) groups excluding carboxylic acids is 2. The summed E-state index contributed by atoms with van der Waals surface area (Å²) in [6, 6.07) is 15.0. The van der Waals surface area contributed by atoms with E-state index in [0.717, 1.165) is 16.8 Å². The van der Waals surface area contributed by atoms with Gasteiger partial charge in [0.2, 0.25) is 0 Å². The summed E-state index contributed by atoms with van der Waals surface area (Å²) in [6.07, 6.45) is 0. The van der Waals surface area contributed by atoms with Crippen LogP contribution in [0.4, 0.5) is 5.69 Å². The molecule has 4 rings (SSSR count). The van der Waals surface area contributed by atoms with Crippen molar-refractivity contribution < 1.29 is 9.59 Å². The van der Waals surface area contributed by atoms with E-state index in [1.54, 1.807) is 21.9 Å². The van der Waals surface area contributed by atoms with Crippen molar-refractivity contribution in [1.82, 2.24) is 4.90 Å². The normalized spacial score (nSPS) is 19.0. The highest BCUT2D eigenvalue weighted by Gasteiger charge is 2.41. The molecule has 0 spiro atoms. The number of rotatable bonds is 4. The van der Waals surface area contributed by atoms with Gasteiger partial charge in [-0.25, -0.2) is 0 Å². The third-order valence-electron chi connectivity index (χ3n) is 4.80. The fraction of sp³-hybridized carbons (Fsp3) is 0.227. The topological polar surface area (TPSA) is 40.6 Å². The van der Waals surface area contributed by atoms with Crippen LogP contribution in [0.1, 0.15) is 25.0 Å². The van der Waals surface area contributed by atoms with Crippen LogP contribution >= 0.6 is 35.6 Å². The lowest BCUT2D eigenvalue weighted by molar-refractivity contribution is -0.122. The van der Waals surface area contributed by atoms with Crippen LogP contribution in [0, 0.1) is 5.92 Å². The zero-order valence-electron chi connectivity index (χ0n) is 16.0. The van der Waals surface area contributed by atoms with Gasteiger partial charge in [0.25, 0.3) is 11.8 Å². The molecule has 7 heteroatoms. The Hall–Kier alpha value is -2.15. The first-order valence-corrected chi connectivity index (χ1v) is 10.9. The quantitative estimate of drug-likeness (QED) is 0.487. The highest BCUT2D eigenvalue weighted by Crippen LogP contribution is 2.45. The van der Waals surface area contributed by atoms with Gasteiger partial charge in [-0.15, -0.1) is 0 Å². The maximum absolute atomic E-state index is 13.4. The Labute approximate surface area is 184 Å². The van der Waals surface area contributed by atoms with Gasteiger partial charge in [-0.1, -0.05) is 79.8 Å². The molecular weight excluding hydrogens is 424 g/mol. The van der Waals surface area contributed by atoms with Crippen molar-refractivity contribution in [2.75, 3.05) is 11.4 Å². The Morgan fingerprint density at radius 1 is 1.00 bits per heavy atom. The van der Waals surface area contributed by atoms with Gasteiger partial charge in [-0.3, -0.25) is 14.5 Å². The van der Waals surface area contributed by atoms with Gasteiger partial charge < -0.3 is 4.90 Å². The second-order valence-electron chi connectivity index (χ2n) is 7.42. The second-order valence-corrected chi connectivity index (χ2v) is 9.50. The molecule has 4 nitrogen and oxygen atoms in total. The Bertz CT molecular complexity index is 1050. The lowest BCUT2D eigenvalue weighted by Crippen LogP contribution is -2.32. The van der Waals surface area contributed by atoms with E-state index in [4.69, 9.17) is 23.8 Å². The molecule has 0 saturated carbocycles. The van der Waals surface area contributed by atoms with Crippen molar-refractivity contribution in [2.45, 2.75) is 20.4 Å². The van der Waals surface area contributed by atoms with Crippen LogP contribution in [0.5, 0.6) is 0 Å². The number of para-hydroxylation sites is 1. The average Bonchev–Trinajstić information content (AvgIpc) is 3.11. The van der Waals surface area contributed by atoms with Crippen LogP contribution in [-0.2, 0) is 16.1 Å². The number of fused-ring (bicyclic) bond motifs is 1. The fourth-order valence-corrected chi connectivity index (χ4v) is 4.97. The van der Waals surface area contributed by atoms with Gasteiger partial charge in [0.15, 0.2) is 0 Å². The number of thioether (sulfide) groups is 1. The van der Waals surface area contributed by atoms with Crippen LogP contribution < -0.4 is 4.90 Å². The van der Waals surface area contributed by atoms with Gasteiger partial charge in [-0.2, -0.15) is 0 Å². The summed E-state index contributed by atoms with van der Waals surface area (Å²) >= 11 is 12.6. The molecule has 29 heavy (non-hydrogen) atoms. The number of benzene rings is 2. The van der Waals surface area contributed by atoms with E-state index in [1.165, 1.54) is 11.8 Å². The standard InChI is InChI=1S/C22H19ClN2O2S2/c1-13(2)11-25-21(27)19(29-22(25)28)18-16-5-3-4-6-17(16)24(20(18)26)12-14-7-9-15(23)10-8-14/h3-10,13H,11-12H2,1-2H3. The first-order valence-electron chi connectivity index (χ1n) is 9.30. The van der Waals surface area contributed by atoms with Crippen LogP contribution in [0.25, 0.3) is 5.57 Å². The lowest BCUT2D eigenvalue weighted by Gasteiger charge is -2.17.